The summed E-state index contributed by atoms with van der Waals surface area (Å²) in [4.78, 5) is 16.3. The summed E-state index contributed by atoms with van der Waals surface area (Å²) in [7, 11) is 0. The average Bonchev–Trinajstić information content (AvgIpc) is 3.23. The summed E-state index contributed by atoms with van der Waals surface area (Å²) in [5.74, 6) is -4.13. The summed E-state index contributed by atoms with van der Waals surface area (Å²) in [5.41, 5.74) is 4.55. The lowest BCUT2D eigenvalue weighted by molar-refractivity contribution is 0.0880. The van der Waals surface area contributed by atoms with Crippen LogP contribution in [-0.4, -0.2) is 22.6 Å². The van der Waals surface area contributed by atoms with Crippen LogP contribution >= 0.6 is 27.3 Å². The van der Waals surface area contributed by atoms with E-state index in [0.717, 1.165) is 17.0 Å². The number of nitrogens with zero attached hydrogens (tertiary/aromatic N) is 1. The minimum absolute atomic E-state index is 0.0212. The van der Waals surface area contributed by atoms with Crippen LogP contribution in [0.5, 0.6) is 5.75 Å². The van der Waals surface area contributed by atoms with E-state index in [2.05, 4.69) is 20.9 Å². The number of thiophene rings is 1. The molecule has 3 rings (SSSR count). The molecule has 0 radical (unpaired) electrons. The fourth-order valence-corrected chi connectivity index (χ4v) is 3.50. The predicted octanol–water partition coefficient (Wildman–Crippen LogP) is 3.66. The number of ether oxygens (including phenoxy) is 1. The largest absolute Gasteiger partial charge is 0.475 e. The van der Waals surface area contributed by atoms with Gasteiger partial charge < -0.3 is 20.0 Å². The van der Waals surface area contributed by atoms with E-state index in [1.54, 1.807) is 0 Å². The predicted molar refractivity (Wildman–Crippen MR) is 92.8 cm³/mol. The third-order valence-electron chi connectivity index (χ3n) is 3.37. The molecule has 1 amide bonds. The van der Waals surface area contributed by atoms with Crippen molar-refractivity contribution in [2.24, 2.45) is 5.73 Å². The Balaban J connectivity index is 1.93. The molecule has 10 heteroatoms. The maximum Gasteiger partial charge on any atom is 0.254 e. The highest BCUT2D eigenvalue weighted by atomic mass is 79.9. The highest BCUT2D eigenvalue weighted by Crippen LogP contribution is 2.35. The minimum Gasteiger partial charge on any atom is -0.475 e. The van der Waals surface area contributed by atoms with Crippen LogP contribution in [0.3, 0.4) is 0 Å². The first-order chi connectivity index (χ1) is 12.4. The molecule has 136 valence electrons. The monoisotopic (exact) mass is 444 g/mol. The van der Waals surface area contributed by atoms with Crippen molar-refractivity contribution in [3.05, 3.63) is 57.4 Å². The van der Waals surface area contributed by atoms with Gasteiger partial charge in [-0.25, -0.2) is 13.8 Å². The summed E-state index contributed by atoms with van der Waals surface area (Å²) in [6, 6.07) is 5.48. The van der Waals surface area contributed by atoms with Gasteiger partial charge in [-0.3, -0.25) is 4.79 Å². The number of nitrogens with two attached hydrogens (primary N) is 1. The van der Waals surface area contributed by atoms with Crippen LogP contribution < -0.4 is 10.5 Å². The van der Waals surface area contributed by atoms with Crippen LogP contribution in [0.4, 0.5) is 8.78 Å². The Labute approximate surface area is 158 Å². The van der Waals surface area contributed by atoms with E-state index in [9.17, 15) is 18.7 Å². The average molecular weight is 445 g/mol. The van der Waals surface area contributed by atoms with E-state index in [1.165, 1.54) is 11.3 Å². The first-order valence-electron chi connectivity index (χ1n) is 7.17. The van der Waals surface area contributed by atoms with Crippen LogP contribution in [-0.2, 0) is 0 Å². The second-order valence-electron chi connectivity index (χ2n) is 5.04. The Morgan fingerprint density at radius 3 is 2.81 bits per heavy atom. The number of carbonyl (C=O) groups is 1. The second-order valence-corrected chi connectivity index (χ2v) is 6.71. The molecule has 1 aromatic carbocycles. The van der Waals surface area contributed by atoms with E-state index >= 15 is 0 Å². The zero-order valence-electron chi connectivity index (χ0n) is 12.9. The van der Waals surface area contributed by atoms with Gasteiger partial charge >= 0.3 is 0 Å². The van der Waals surface area contributed by atoms with Gasteiger partial charge in [0.15, 0.2) is 22.3 Å². The third kappa shape index (κ3) is 3.48. The van der Waals surface area contributed by atoms with E-state index in [4.69, 9.17) is 14.9 Å². The van der Waals surface area contributed by atoms with Crippen LogP contribution in [0, 0.1) is 11.6 Å². The molecule has 2 aromatic heterocycles. The molecule has 0 saturated heterocycles. The smallest absolute Gasteiger partial charge is 0.254 e. The minimum atomic E-state index is -1.27. The number of amides is 1. The van der Waals surface area contributed by atoms with Gasteiger partial charge in [-0.05, 0) is 39.5 Å². The standard InChI is InChI=1S/C16H11BrF2N2O4S/c17-14-13(10-2-1-5-26-10)21-16(25-14)9(6-22)24-8-4-3-7(18)11(12(8)19)15(20)23/h1-5,9,22H,6H2,(H2,20,23). The molecular formula is C16H11BrF2N2O4S. The Morgan fingerprint density at radius 2 is 2.19 bits per heavy atom. The van der Waals surface area contributed by atoms with E-state index in [1.807, 2.05) is 17.5 Å². The molecule has 1 unspecified atom stereocenters. The fraction of sp³-hybridized carbons (Fsp3) is 0.125. The molecule has 0 spiro atoms. The van der Waals surface area contributed by atoms with Crippen molar-refractivity contribution in [3.63, 3.8) is 0 Å². The van der Waals surface area contributed by atoms with Crippen molar-refractivity contribution in [1.29, 1.82) is 0 Å². The summed E-state index contributed by atoms with van der Waals surface area (Å²) < 4.78 is 39.0. The van der Waals surface area contributed by atoms with Crippen molar-refractivity contribution >= 4 is 33.2 Å². The van der Waals surface area contributed by atoms with Gasteiger partial charge in [-0.1, -0.05) is 6.07 Å². The topological polar surface area (TPSA) is 98.6 Å². The number of primary amides is 1. The number of oxazole rings is 1. The molecule has 0 aliphatic heterocycles. The highest BCUT2D eigenvalue weighted by Gasteiger charge is 2.26. The molecule has 26 heavy (non-hydrogen) atoms. The normalized spacial score (nSPS) is 12.2. The Bertz CT molecular complexity index is 946. The SMILES string of the molecule is NC(=O)c1c(F)ccc(OC(CO)c2nc(-c3cccs3)c(Br)o2)c1F. The number of carbonyl (C=O) groups excluding carboxylic acids is 1. The number of halogens is 3. The maximum atomic E-state index is 14.3. The molecule has 0 aliphatic carbocycles. The summed E-state index contributed by atoms with van der Waals surface area (Å²) in [5, 5.41) is 11.4. The number of rotatable bonds is 6. The van der Waals surface area contributed by atoms with Crippen molar-refractivity contribution in [2.45, 2.75) is 6.10 Å². The molecule has 6 nitrogen and oxygen atoms in total. The quantitative estimate of drug-likeness (QED) is 0.604. The number of hydrogen-bond donors (Lipinski definition) is 2. The molecule has 0 bridgehead atoms. The number of aliphatic hydroxyl groups excluding tert-OH is 1. The fourth-order valence-electron chi connectivity index (χ4n) is 2.19. The highest BCUT2D eigenvalue weighted by molar-refractivity contribution is 9.10. The van der Waals surface area contributed by atoms with Gasteiger partial charge in [-0.2, -0.15) is 0 Å². The number of hydrogen-bond acceptors (Lipinski definition) is 6. The first kappa shape index (κ1) is 18.5. The lowest BCUT2D eigenvalue weighted by atomic mass is 10.1. The van der Waals surface area contributed by atoms with Crippen molar-refractivity contribution < 1.29 is 27.8 Å². The Hall–Kier alpha value is -2.30. The first-order valence-corrected chi connectivity index (χ1v) is 8.85. The van der Waals surface area contributed by atoms with Gasteiger partial charge in [0.1, 0.15) is 17.1 Å². The second kappa shape index (κ2) is 7.52. The summed E-state index contributed by atoms with van der Waals surface area (Å²) in [6.07, 6.45) is -1.18. The van der Waals surface area contributed by atoms with Crippen LogP contribution in [0.25, 0.3) is 10.6 Å². The van der Waals surface area contributed by atoms with Gasteiger partial charge in [0, 0.05) is 0 Å². The third-order valence-corrected chi connectivity index (χ3v) is 4.78. The van der Waals surface area contributed by atoms with Gasteiger partial charge in [-0.15, -0.1) is 11.3 Å². The molecule has 0 fully saturated rings. The van der Waals surface area contributed by atoms with Crippen LogP contribution in [0.2, 0.25) is 0 Å². The molecular weight excluding hydrogens is 434 g/mol. The Morgan fingerprint density at radius 1 is 1.42 bits per heavy atom. The number of benzene rings is 1. The molecule has 0 aliphatic rings. The van der Waals surface area contributed by atoms with Gasteiger partial charge in [0.2, 0.25) is 5.89 Å². The van der Waals surface area contributed by atoms with Gasteiger partial charge in [0.25, 0.3) is 5.91 Å². The molecule has 1 atom stereocenters. The summed E-state index contributed by atoms with van der Waals surface area (Å²) >= 11 is 4.66. The zero-order valence-corrected chi connectivity index (χ0v) is 15.3. The number of aliphatic hydroxyl groups is 1. The molecule has 3 aromatic rings. The van der Waals surface area contributed by atoms with Crippen molar-refractivity contribution in [2.75, 3.05) is 6.61 Å². The Kier molecular flexibility index (Phi) is 5.35. The van der Waals surface area contributed by atoms with Crippen LogP contribution in [0.15, 0.2) is 38.7 Å². The molecule has 2 heterocycles. The summed E-state index contributed by atoms with van der Waals surface area (Å²) in [6.45, 7) is -0.598. The zero-order chi connectivity index (χ0) is 18.8. The number of aromatic nitrogens is 1. The molecule has 0 saturated carbocycles. The lowest BCUT2D eigenvalue weighted by Crippen LogP contribution is -2.18. The maximum absolute atomic E-state index is 14.3. The molecule has 3 N–H and O–H groups in total. The van der Waals surface area contributed by atoms with E-state index in [-0.39, 0.29) is 5.89 Å². The van der Waals surface area contributed by atoms with Crippen LogP contribution in [0.1, 0.15) is 22.4 Å². The van der Waals surface area contributed by atoms with E-state index in [0.29, 0.717) is 10.4 Å². The van der Waals surface area contributed by atoms with Gasteiger partial charge in [0.05, 0.1) is 11.5 Å². The van der Waals surface area contributed by atoms with Crippen molar-refractivity contribution in [3.8, 4) is 16.3 Å². The van der Waals surface area contributed by atoms with Crippen molar-refractivity contribution in [1.82, 2.24) is 4.98 Å². The van der Waals surface area contributed by atoms with E-state index < -0.39 is 41.6 Å². The lowest BCUT2D eigenvalue weighted by Gasteiger charge is -2.15.